The first-order valence-corrected chi connectivity index (χ1v) is 3.97. The highest BCUT2D eigenvalue weighted by molar-refractivity contribution is 5.42. The van der Waals surface area contributed by atoms with Gasteiger partial charge in [-0.25, -0.2) is 0 Å². The normalized spacial score (nSPS) is 14.2. The van der Waals surface area contributed by atoms with Crippen molar-refractivity contribution in [3.8, 4) is 59.2 Å². The van der Waals surface area contributed by atoms with E-state index in [1.807, 2.05) is 0 Å². The Kier molecular flexibility index (Phi) is 4.43. The van der Waals surface area contributed by atoms with Crippen LogP contribution in [0.4, 0.5) is 0 Å². The summed E-state index contributed by atoms with van der Waals surface area (Å²) in [5.74, 6) is 25.9. The van der Waals surface area contributed by atoms with Crippen molar-refractivity contribution in [2.24, 2.45) is 0 Å². The average Bonchev–Trinajstić information content (AvgIpc) is 2.99. The zero-order chi connectivity index (χ0) is 10.1. The molecule has 1 aliphatic heterocycles. The van der Waals surface area contributed by atoms with Crippen LogP contribution in [-0.4, -0.2) is 12.7 Å². The lowest BCUT2D eigenvalue weighted by Crippen LogP contribution is -1.71. The molecule has 64 valence electrons. The van der Waals surface area contributed by atoms with E-state index in [1.54, 1.807) is 6.92 Å². The second-order valence-corrected chi connectivity index (χ2v) is 2.22. The van der Waals surface area contributed by atoms with Gasteiger partial charge in [0.2, 0.25) is 0 Å². The molecule has 0 aromatic carbocycles. The third-order valence-electron chi connectivity index (χ3n) is 1.13. The topological polar surface area (TPSA) is 12.5 Å². The molecular weight excluding hydrogens is 172 g/mol. The van der Waals surface area contributed by atoms with E-state index in [-0.39, 0.29) is 6.10 Å². The molecule has 0 saturated carbocycles. The highest BCUT2D eigenvalue weighted by atomic mass is 16.6. The van der Waals surface area contributed by atoms with E-state index in [0.29, 0.717) is 0 Å². The van der Waals surface area contributed by atoms with E-state index < -0.39 is 0 Å². The molecule has 0 N–H and O–H groups in total. The minimum Gasteiger partial charge on any atom is -0.359 e. The van der Waals surface area contributed by atoms with Gasteiger partial charge in [0, 0.05) is 0 Å². The molecule has 1 aliphatic rings. The van der Waals surface area contributed by atoms with Crippen molar-refractivity contribution in [3.63, 3.8) is 0 Å². The lowest BCUT2D eigenvalue weighted by Gasteiger charge is -1.61. The van der Waals surface area contributed by atoms with Crippen LogP contribution >= 0.6 is 0 Å². The van der Waals surface area contributed by atoms with Crippen LogP contribution in [-0.2, 0) is 4.74 Å². The number of epoxide rings is 1. The Bertz CT molecular complexity index is 494. The Balaban J connectivity index is 2.34. The molecule has 1 fully saturated rings. The summed E-state index contributed by atoms with van der Waals surface area (Å²) in [6.45, 7) is 2.44. The van der Waals surface area contributed by atoms with Crippen molar-refractivity contribution in [2.75, 3.05) is 6.61 Å². The van der Waals surface area contributed by atoms with Gasteiger partial charge in [0.1, 0.15) is 6.10 Å². The maximum absolute atomic E-state index is 4.87. The molecule has 0 aromatic rings. The number of rotatable bonds is 0. The lowest BCUT2D eigenvalue weighted by atomic mass is 10.4. The summed E-state index contributed by atoms with van der Waals surface area (Å²) in [4.78, 5) is 0. The van der Waals surface area contributed by atoms with E-state index in [9.17, 15) is 0 Å². The second kappa shape index (κ2) is 6.30. The minimum atomic E-state index is 0.0943. The predicted molar refractivity (Wildman–Crippen MR) is 54.3 cm³/mol. The van der Waals surface area contributed by atoms with E-state index >= 15 is 0 Å². The fourth-order valence-corrected chi connectivity index (χ4v) is 0.498. The Morgan fingerprint density at radius 3 is 1.86 bits per heavy atom. The fourth-order valence-electron chi connectivity index (χ4n) is 0.498. The highest BCUT2D eigenvalue weighted by Crippen LogP contribution is 2.04. The van der Waals surface area contributed by atoms with Gasteiger partial charge in [-0.1, -0.05) is 11.8 Å². The minimum absolute atomic E-state index is 0.0943. The maximum atomic E-state index is 4.87. The zero-order valence-corrected chi connectivity index (χ0v) is 7.69. The van der Waals surface area contributed by atoms with Crippen LogP contribution in [0.25, 0.3) is 0 Å². The molecule has 0 aliphatic carbocycles. The maximum Gasteiger partial charge on any atom is 0.142 e. The summed E-state index contributed by atoms with van der Waals surface area (Å²) in [6, 6.07) is 0. The smallest absolute Gasteiger partial charge is 0.142 e. The van der Waals surface area contributed by atoms with Crippen LogP contribution in [0.5, 0.6) is 0 Å². The Labute approximate surface area is 84.2 Å². The molecule has 0 spiro atoms. The molecular formula is C13H6O. The van der Waals surface area contributed by atoms with Crippen LogP contribution in [0.2, 0.25) is 0 Å². The quantitative estimate of drug-likeness (QED) is 0.387. The zero-order valence-electron chi connectivity index (χ0n) is 7.69. The first-order valence-electron chi connectivity index (χ1n) is 3.97. The largest absolute Gasteiger partial charge is 0.359 e. The van der Waals surface area contributed by atoms with E-state index in [4.69, 9.17) is 4.74 Å². The summed E-state index contributed by atoms with van der Waals surface area (Å²) < 4.78 is 4.87. The van der Waals surface area contributed by atoms with E-state index in [0.717, 1.165) is 6.61 Å². The summed E-state index contributed by atoms with van der Waals surface area (Å²) >= 11 is 0. The molecule has 0 amide bonds. The fraction of sp³-hybridized carbons (Fsp3) is 0.231. The molecule has 1 heterocycles. The van der Waals surface area contributed by atoms with E-state index in [2.05, 4.69) is 59.2 Å². The second-order valence-electron chi connectivity index (χ2n) is 2.22. The Hall–Kier alpha value is -2.24. The molecule has 0 unspecified atom stereocenters. The number of ether oxygens (including phenoxy) is 1. The van der Waals surface area contributed by atoms with Crippen LogP contribution in [0.3, 0.4) is 0 Å². The molecule has 0 radical (unpaired) electrons. The van der Waals surface area contributed by atoms with Gasteiger partial charge >= 0.3 is 0 Å². The summed E-state index contributed by atoms with van der Waals surface area (Å²) in [5, 5.41) is 0. The monoisotopic (exact) mass is 178 g/mol. The van der Waals surface area contributed by atoms with Crippen molar-refractivity contribution in [3.05, 3.63) is 0 Å². The molecule has 1 atom stereocenters. The van der Waals surface area contributed by atoms with Crippen molar-refractivity contribution in [1.82, 2.24) is 0 Å². The number of hydrogen-bond donors (Lipinski definition) is 0. The molecule has 0 bridgehead atoms. The van der Waals surface area contributed by atoms with Gasteiger partial charge in [0.25, 0.3) is 0 Å². The number of hydrogen-bond acceptors (Lipinski definition) is 1. The standard InChI is InChI=1S/C13H6O/c1-2-3-4-5-6-7-8-9-10-11-13-12-14-13/h13H,12H2,1H3/t13-/m0/s1. The van der Waals surface area contributed by atoms with Gasteiger partial charge in [0.05, 0.1) is 6.61 Å². The van der Waals surface area contributed by atoms with Gasteiger partial charge < -0.3 is 4.74 Å². The molecule has 1 rings (SSSR count). The van der Waals surface area contributed by atoms with Gasteiger partial charge in [0.15, 0.2) is 0 Å². The van der Waals surface area contributed by atoms with Crippen molar-refractivity contribution in [2.45, 2.75) is 13.0 Å². The molecule has 1 heteroatoms. The van der Waals surface area contributed by atoms with Crippen LogP contribution < -0.4 is 0 Å². The average molecular weight is 178 g/mol. The van der Waals surface area contributed by atoms with Gasteiger partial charge in [-0.05, 0) is 54.3 Å². The SMILES string of the molecule is CC#CC#CC#CC#CC#C[C@H]1CO1. The van der Waals surface area contributed by atoms with Gasteiger partial charge in [-0.15, -0.1) is 0 Å². The summed E-state index contributed by atoms with van der Waals surface area (Å²) in [6.07, 6.45) is 0.0943. The summed E-state index contributed by atoms with van der Waals surface area (Å²) in [5.41, 5.74) is 0. The van der Waals surface area contributed by atoms with Crippen molar-refractivity contribution >= 4 is 0 Å². The molecule has 1 saturated heterocycles. The third kappa shape index (κ3) is 5.42. The van der Waals surface area contributed by atoms with Gasteiger partial charge in [-0.2, -0.15) is 0 Å². The Morgan fingerprint density at radius 2 is 1.36 bits per heavy atom. The lowest BCUT2D eigenvalue weighted by molar-refractivity contribution is 0.445. The first kappa shape index (κ1) is 9.85. The van der Waals surface area contributed by atoms with Crippen LogP contribution in [0.15, 0.2) is 0 Å². The summed E-state index contributed by atoms with van der Waals surface area (Å²) in [7, 11) is 0. The third-order valence-corrected chi connectivity index (χ3v) is 1.13. The van der Waals surface area contributed by atoms with Gasteiger partial charge in [-0.3, -0.25) is 0 Å². The van der Waals surface area contributed by atoms with Crippen LogP contribution in [0, 0.1) is 59.2 Å². The molecule has 14 heavy (non-hydrogen) atoms. The van der Waals surface area contributed by atoms with Crippen LogP contribution in [0.1, 0.15) is 6.92 Å². The van der Waals surface area contributed by atoms with Crippen molar-refractivity contribution in [1.29, 1.82) is 0 Å². The first-order chi connectivity index (χ1) is 6.93. The van der Waals surface area contributed by atoms with E-state index in [1.165, 1.54) is 0 Å². The predicted octanol–water partition coefficient (Wildman–Crippen LogP) is 0.422. The highest BCUT2D eigenvalue weighted by Gasteiger charge is 2.18. The molecule has 0 aromatic heterocycles. The van der Waals surface area contributed by atoms with Crippen molar-refractivity contribution < 1.29 is 4.74 Å². The molecule has 1 nitrogen and oxygen atoms in total. The Morgan fingerprint density at radius 1 is 0.857 bits per heavy atom.